The molecule has 0 rings (SSSR count). The molecule has 3 N–H and O–H groups in total. The summed E-state index contributed by atoms with van der Waals surface area (Å²) in [7, 11) is -4.53. The summed E-state index contributed by atoms with van der Waals surface area (Å²) in [5.74, 6) is -2.14. The summed E-state index contributed by atoms with van der Waals surface area (Å²) in [6.45, 7) is -0.667. The van der Waals surface area contributed by atoms with Crippen LogP contribution in [0.15, 0.2) is 0 Å². The van der Waals surface area contributed by atoms with Crippen LogP contribution in [0.3, 0.4) is 0 Å². The van der Waals surface area contributed by atoms with Crippen molar-refractivity contribution in [1.82, 2.24) is 5.06 Å². The Morgan fingerprint density at radius 1 is 1.24 bits per heavy atom. The standard InChI is InChI=1S/C6H9Cl3NO6P/c7-6(8,9)3-10(13)5(12)1-4(11)2-17(14,15)16/h13H,1-3H2,(H2,14,15,16). The number of hydroxylamine groups is 2. The minimum Gasteiger partial charge on any atom is -0.324 e. The molecule has 1 amide bonds. The molecule has 0 aliphatic rings. The Labute approximate surface area is 111 Å². The first-order chi connectivity index (χ1) is 7.41. The second-order valence-corrected chi connectivity index (χ2v) is 7.27. The number of carbonyl (C=O) groups excluding carboxylic acids is 2. The lowest BCUT2D eigenvalue weighted by molar-refractivity contribution is -0.165. The summed E-state index contributed by atoms with van der Waals surface area (Å²) in [6, 6.07) is 0. The molecule has 0 bridgehead atoms. The largest absolute Gasteiger partial charge is 0.332 e. The molecule has 0 atom stereocenters. The van der Waals surface area contributed by atoms with Gasteiger partial charge in [0.2, 0.25) is 3.79 Å². The van der Waals surface area contributed by atoms with Gasteiger partial charge in [0, 0.05) is 0 Å². The zero-order valence-corrected chi connectivity index (χ0v) is 11.4. The van der Waals surface area contributed by atoms with E-state index in [0.717, 1.165) is 0 Å². The van der Waals surface area contributed by atoms with Crippen LogP contribution in [0, 0.1) is 0 Å². The van der Waals surface area contributed by atoms with Crippen LogP contribution in [0.2, 0.25) is 0 Å². The van der Waals surface area contributed by atoms with Gasteiger partial charge >= 0.3 is 7.60 Å². The SMILES string of the molecule is O=C(CC(=O)N(O)CC(Cl)(Cl)Cl)CP(=O)(O)O. The minimum atomic E-state index is -4.53. The molecule has 0 saturated heterocycles. The molecule has 11 heteroatoms. The summed E-state index contributed by atoms with van der Waals surface area (Å²) in [6.07, 6.45) is -1.97. The van der Waals surface area contributed by atoms with Crippen molar-refractivity contribution in [2.75, 3.05) is 12.7 Å². The first-order valence-corrected chi connectivity index (χ1v) is 6.96. The first-order valence-electron chi connectivity index (χ1n) is 4.03. The zero-order chi connectivity index (χ0) is 13.9. The fraction of sp³-hybridized carbons (Fsp3) is 0.667. The van der Waals surface area contributed by atoms with E-state index >= 15 is 0 Å². The fourth-order valence-corrected chi connectivity index (χ4v) is 1.71. The molecule has 0 radical (unpaired) electrons. The third-order valence-electron chi connectivity index (χ3n) is 1.35. The van der Waals surface area contributed by atoms with Gasteiger partial charge in [0.15, 0.2) is 5.78 Å². The third-order valence-corrected chi connectivity index (χ3v) is 2.47. The van der Waals surface area contributed by atoms with Gasteiger partial charge in [0.05, 0.1) is 13.0 Å². The number of halogens is 3. The molecule has 0 spiro atoms. The molecule has 17 heavy (non-hydrogen) atoms. The predicted molar refractivity (Wildman–Crippen MR) is 60.3 cm³/mol. The van der Waals surface area contributed by atoms with E-state index in [2.05, 4.69) is 0 Å². The van der Waals surface area contributed by atoms with E-state index in [4.69, 9.17) is 49.8 Å². The lowest BCUT2D eigenvalue weighted by Crippen LogP contribution is -2.36. The zero-order valence-electron chi connectivity index (χ0n) is 8.22. The van der Waals surface area contributed by atoms with Gasteiger partial charge in [0.25, 0.3) is 5.91 Å². The molecule has 0 fully saturated rings. The number of amides is 1. The lowest BCUT2D eigenvalue weighted by Gasteiger charge is -2.19. The normalized spacial score (nSPS) is 12.4. The van der Waals surface area contributed by atoms with Crippen LogP contribution in [0.5, 0.6) is 0 Å². The number of hydrogen-bond acceptors (Lipinski definition) is 4. The molecular formula is C6H9Cl3NO6P. The van der Waals surface area contributed by atoms with Crippen LogP contribution in [0.25, 0.3) is 0 Å². The average Bonchev–Trinajstić information content (AvgIpc) is 1.95. The van der Waals surface area contributed by atoms with Crippen LogP contribution in [-0.4, -0.2) is 48.2 Å². The Balaban J connectivity index is 4.27. The number of Topliss-reactive ketones (excluding diaryl/α,β-unsaturated/α-hetero) is 1. The van der Waals surface area contributed by atoms with E-state index in [9.17, 15) is 14.2 Å². The minimum absolute atomic E-state index is 0.00454. The number of nitrogens with zero attached hydrogens (tertiary/aromatic N) is 1. The van der Waals surface area contributed by atoms with Crippen molar-refractivity contribution in [1.29, 1.82) is 0 Å². The Bertz CT molecular complexity index is 350. The summed E-state index contributed by atoms with van der Waals surface area (Å²) in [5, 5.41) is 9.09. The van der Waals surface area contributed by atoms with Crippen molar-refractivity contribution in [2.24, 2.45) is 0 Å². The molecule has 100 valence electrons. The second-order valence-electron chi connectivity index (χ2n) is 3.10. The molecule has 0 aliphatic carbocycles. The predicted octanol–water partition coefficient (Wildman–Crippen LogP) is 0.711. The molecule has 7 nitrogen and oxygen atoms in total. The van der Waals surface area contributed by atoms with Gasteiger partial charge in [-0.25, -0.2) is 5.06 Å². The van der Waals surface area contributed by atoms with Crippen LogP contribution in [0.4, 0.5) is 0 Å². The summed E-state index contributed by atoms with van der Waals surface area (Å²) in [5.41, 5.74) is 0. The number of rotatable bonds is 5. The molecule has 0 heterocycles. The molecule has 0 unspecified atom stereocenters. The number of alkyl halides is 3. The topological polar surface area (TPSA) is 115 Å². The lowest BCUT2D eigenvalue weighted by atomic mass is 10.3. The fourth-order valence-electron chi connectivity index (χ4n) is 0.804. The summed E-state index contributed by atoms with van der Waals surface area (Å²) < 4.78 is 8.52. The van der Waals surface area contributed by atoms with E-state index in [1.54, 1.807) is 0 Å². The Morgan fingerprint density at radius 2 is 1.71 bits per heavy atom. The Hall–Kier alpha value is 0.120. The van der Waals surface area contributed by atoms with Crippen molar-refractivity contribution in [3.8, 4) is 0 Å². The van der Waals surface area contributed by atoms with Gasteiger partial charge in [0.1, 0.15) is 6.16 Å². The molecule has 0 aromatic rings. The maximum Gasteiger partial charge on any atom is 0.332 e. The quantitative estimate of drug-likeness (QED) is 0.225. The highest BCUT2D eigenvalue weighted by atomic mass is 35.6. The molecule has 0 saturated carbocycles. The van der Waals surface area contributed by atoms with Gasteiger partial charge in [-0.3, -0.25) is 19.4 Å². The second kappa shape index (κ2) is 6.33. The van der Waals surface area contributed by atoms with Crippen LogP contribution >= 0.6 is 42.4 Å². The maximum atomic E-state index is 11.1. The molecule has 0 aliphatic heterocycles. The van der Waals surface area contributed by atoms with E-state index in [-0.39, 0.29) is 5.06 Å². The Kier molecular flexibility index (Phi) is 6.38. The first kappa shape index (κ1) is 17.1. The van der Waals surface area contributed by atoms with Crippen LogP contribution in [-0.2, 0) is 14.2 Å². The summed E-state index contributed by atoms with van der Waals surface area (Å²) in [4.78, 5) is 39.1. The monoisotopic (exact) mass is 327 g/mol. The smallest absolute Gasteiger partial charge is 0.324 e. The van der Waals surface area contributed by atoms with Crippen molar-refractivity contribution in [2.45, 2.75) is 10.2 Å². The van der Waals surface area contributed by atoms with Crippen molar-refractivity contribution < 1.29 is 29.1 Å². The summed E-state index contributed by atoms with van der Waals surface area (Å²) >= 11 is 15.8. The number of hydrogen-bond donors (Lipinski definition) is 3. The highest BCUT2D eigenvalue weighted by Gasteiger charge is 2.28. The van der Waals surface area contributed by atoms with Gasteiger partial charge in [-0.05, 0) is 0 Å². The van der Waals surface area contributed by atoms with Crippen molar-refractivity contribution >= 4 is 54.1 Å². The van der Waals surface area contributed by atoms with Gasteiger partial charge < -0.3 is 9.79 Å². The average molecular weight is 328 g/mol. The van der Waals surface area contributed by atoms with E-state index in [0.29, 0.717) is 0 Å². The highest BCUT2D eigenvalue weighted by Crippen LogP contribution is 2.34. The molecular weight excluding hydrogens is 319 g/mol. The van der Waals surface area contributed by atoms with Crippen molar-refractivity contribution in [3.05, 3.63) is 0 Å². The van der Waals surface area contributed by atoms with Gasteiger partial charge in [-0.1, -0.05) is 34.8 Å². The van der Waals surface area contributed by atoms with E-state index in [1.807, 2.05) is 0 Å². The van der Waals surface area contributed by atoms with Gasteiger partial charge in [-0.15, -0.1) is 0 Å². The van der Waals surface area contributed by atoms with Crippen LogP contribution < -0.4 is 0 Å². The third kappa shape index (κ3) is 9.79. The highest BCUT2D eigenvalue weighted by molar-refractivity contribution is 7.52. The number of ketones is 1. The van der Waals surface area contributed by atoms with Crippen molar-refractivity contribution in [3.63, 3.8) is 0 Å². The van der Waals surface area contributed by atoms with E-state index in [1.165, 1.54) is 0 Å². The maximum absolute atomic E-state index is 11.1. The van der Waals surface area contributed by atoms with Gasteiger partial charge in [-0.2, -0.15) is 0 Å². The Morgan fingerprint density at radius 3 is 2.06 bits per heavy atom. The van der Waals surface area contributed by atoms with E-state index < -0.39 is 42.2 Å². The number of carbonyl (C=O) groups is 2. The molecule has 0 aromatic carbocycles. The molecule has 0 aromatic heterocycles. The van der Waals surface area contributed by atoms with Crippen LogP contribution in [0.1, 0.15) is 6.42 Å².